The van der Waals surface area contributed by atoms with Crippen LogP contribution >= 0.6 is 0 Å². The van der Waals surface area contributed by atoms with Gasteiger partial charge in [0.15, 0.2) is 0 Å². The number of phenolic OH excluding ortho intramolecular Hbond substituents is 1. The van der Waals surface area contributed by atoms with E-state index >= 15 is 0 Å². The summed E-state index contributed by atoms with van der Waals surface area (Å²) in [5.41, 5.74) is 1.13. The summed E-state index contributed by atoms with van der Waals surface area (Å²) >= 11 is 0. The van der Waals surface area contributed by atoms with E-state index in [4.69, 9.17) is 0 Å². The topological polar surface area (TPSA) is 125 Å². The molecule has 0 atom stereocenters. The van der Waals surface area contributed by atoms with Crippen LogP contribution in [0.4, 0.5) is 5.69 Å². The molecule has 3 aromatic carbocycles. The number of carbonyl (C=O) groups excluding carboxylic acids is 2. The predicted molar refractivity (Wildman–Crippen MR) is 121 cm³/mol. The third kappa shape index (κ3) is 6.32. The molecule has 3 aromatic rings. The van der Waals surface area contributed by atoms with Gasteiger partial charge in [0.2, 0.25) is 0 Å². The van der Waals surface area contributed by atoms with Gasteiger partial charge in [-0.1, -0.05) is 24.3 Å². The number of benzene rings is 3. The van der Waals surface area contributed by atoms with Gasteiger partial charge in [-0.25, -0.2) is 8.42 Å². The maximum absolute atomic E-state index is 12.4. The maximum Gasteiger partial charge on any atom is 0.261 e. The van der Waals surface area contributed by atoms with Crippen LogP contribution in [0.15, 0.2) is 83.8 Å². The van der Waals surface area contributed by atoms with Crippen LogP contribution in [0.1, 0.15) is 27.1 Å². The Morgan fingerprint density at radius 2 is 1.38 bits per heavy atom. The number of hydrogen-bond donors (Lipinski definition) is 4. The van der Waals surface area contributed by atoms with Crippen molar-refractivity contribution in [2.45, 2.75) is 11.3 Å². The second-order valence-corrected chi connectivity index (χ2v) is 8.59. The number of para-hydroxylation sites is 1. The predicted octanol–water partition coefficient (Wildman–Crippen LogP) is 2.74. The van der Waals surface area contributed by atoms with Crippen LogP contribution < -0.4 is 15.4 Å². The number of nitrogens with one attached hydrogen (secondary N) is 3. The van der Waals surface area contributed by atoms with Crippen LogP contribution in [0.2, 0.25) is 0 Å². The van der Waals surface area contributed by atoms with Crippen LogP contribution in [0.5, 0.6) is 5.75 Å². The third-order valence-electron chi connectivity index (χ3n) is 4.49. The molecule has 0 aliphatic heterocycles. The SMILES string of the molecule is O=C(NCCCNC(=O)c1cccc(O)c1)c1ccc(S(=O)(=O)Nc2ccccc2)cc1. The largest absolute Gasteiger partial charge is 0.508 e. The molecule has 3 rings (SSSR count). The van der Waals surface area contributed by atoms with E-state index in [1.54, 1.807) is 42.5 Å². The smallest absolute Gasteiger partial charge is 0.261 e. The number of phenols is 1. The molecule has 0 aliphatic carbocycles. The zero-order valence-corrected chi connectivity index (χ0v) is 17.9. The Morgan fingerprint density at radius 1 is 0.750 bits per heavy atom. The molecule has 166 valence electrons. The first-order valence-electron chi connectivity index (χ1n) is 9.88. The summed E-state index contributed by atoms with van der Waals surface area (Å²) in [7, 11) is -3.75. The van der Waals surface area contributed by atoms with Gasteiger partial charge in [-0.2, -0.15) is 0 Å². The van der Waals surface area contributed by atoms with Crippen LogP contribution in [0.25, 0.3) is 0 Å². The fraction of sp³-hybridized carbons (Fsp3) is 0.130. The van der Waals surface area contributed by atoms with Gasteiger partial charge >= 0.3 is 0 Å². The molecule has 0 heterocycles. The van der Waals surface area contributed by atoms with Crippen LogP contribution in [-0.2, 0) is 10.0 Å². The number of hydrogen-bond acceptors (Lipinski definition) is 5. The molecule has 0 saturated heterocycles. The van der Waals surface area contributed by atoms with E-state index in [0.29, 0.717) is 36.3 Å². The Morgan fingerprint density at radius 3 is 2.00 bits per heavy atom. The lowest BCUT2D eigenvalue weighted by atomic mass is 10.2. The third-order valence-corrected chi connectivity index (χ3v) is 5.88. The molecule has 0 aliphatic rings. The van der Waals surface area contributed by atoms with Gasteiger partial charge in [0, 0.05) is 29.9 Å². The van der Waals surface area contributed by atoms with Gasteiger partial charge in [0.1, 0.15) is 5.75 Å². The highest BCUT2D eigenvalue weighted by molar-refractivity contribution is 7.92. The average molecular weight is 454 g/mol. The van der Waals surface area contributed by atoms with E-state index in [1.807, 2.05) is 0 Å². The minimum atomic E-state index is -3.75. The normalized spacial score (nSPS) is 10.9. The van der Waals surface area contributed by atoms with Crippen LogP contribution in [0, 0.1) is 0 Å². The van der Waals surface area contributed by atoms with Crippen LogP contribution in [0.3, 0.4) is 0 Å². The Balaban J connectivity index is 1.45. The molecular weight excluding hydrogens is 430 g/mol. The van der Waals surface area contributed by atoms with Crippen LogP contribution in [-0.4, -0.2) is 38.4 Å². The molecule has 32 heavy (non-hydrogen) atoms. The van der Waals surface area contributed by atoms with Crippen molar-refractivity contribution in [2.24, 2.45) is 0 Å². The number of aromatic hydroxyl groups is 1. The number of sulfonamides is 1. The van der Waals surface area contributed by atoms with Gasteiger partial charge in [-0.15, -0.1) is 0 Å². The summed E-state index contributed by atoms with van der Waals surface area (Å²) in [5, 5.41) is 14.8. The summed E-state index contributed by atoms with van der Waals surface area (Å²) in [4.78, 5) is 24.3. The lowest BCUT2D eigenvalue weighted by Crippen LogP contribution is -2.29. The highest BCUT2D eigenvalue weighted by Crippen LogP contribution is 2.16. The lowest BCUT2D eigenvalue weighted by Gasteiger charge is -2.09. The summed E-state index contributed by atoms with van der Waals surface area (Å²) in [5.74, 6) is -0.642. The molecule has 0 bridgehead atoms. The van der Waals surface area contributed by atoms with Crippen molar-refractivity contribution in [1.82, 2.24) is 10.6 Å². The van der Waals surface area contributed by atoms with E-state index in [0.717, 1.165) is 0 Å². The van der Waals surface area contributed by atoms with Crippen molar-refractivity contribution in [3.8, 4) is 5.75 Å². The molecule has 4 N–H and O–H groups in total. The summed E-state index contributed by atoms with van der Waals surface area (Å²) < 4.78 is 27.4. The zero-order valence-electron chi connectivity index (χ0n) is 17.1. The molecule has 0 unspecified atom stereocenters. The Labute approximate surface area is 186 Å². The highest BCUT2D eigenvalue weighted by Gasteiger charge is 2.15. The van der Waals surface area contributed by atoms with Crippen molar-refractivity contribution in [1.29, 1.82) is 0 Å². The zero-order chi connectivity index (χ0) is 23.0. The molecule has 0 saturated carbocycles. The summed E-state index contributed by atoms with van der Waals surface area (Å²) in [6, 6.07) is 20.2. The minimum absolute atomic E-state index is 0.0135. The molecule has 8 nitrogen and oxygen atoms in total. The Kier molecular flexibility index (Phi) is 7.45. The maximum atomic E-state index is 12.4. The lowest BCUT2D eigenvalue weighted by molar-refractivity contribution is 0.0951. The minimum Gasteiger partial charge on any atom is -0.508 e. The molecule has 2 amide bonds. The van der Waals surface area contributed by atoms with Gasteiger partial charge in [0.25, 0.3) is 21.8 Å². The number of amides is 2. The van der Waals surface area contributed by atoms with E-state index in [1.165, 1.54) is 36.4 Å². The number of rotatable bonds is 9. The molecule has 0 aromatic heterocycles. The highest BCUT2D eigenvalue weighted by atomic mass is 32.2. The number of anilines is 1. The van der Waals surface area contributed by atoms with Gasteiger partial charge < -0.3 is 15.7 Å². The van der Waals surface area contributed by atoms with Crippen molar-refractivity contribution in [3.63, 3.8) is 0 Å². The van der Waals surface area contributed by atoms with E-state index < -0.39 is 10.0 Å². The molecular formula is C23H23N3O5S. The van der Waals surface area contributed by atoms with E-state index in [-0.39, 0.29) is 22.5 Å². The monoisotopic (exact) mass is 453 g/mol. The van der Waals surface area contributed by atoms with Gasteiger partial charge in [-0.3, -0.25) is 14.3 Å². The summed E-state index contributed by atoms with van der Waals surface area (Å²) in [6.45, 7) is 0.672. The van der Waals surface area contributed by atoms with E-state index in [9.17, 15) is 23.1 Å². The molecule has 9 heteroatoms. The fourth-order valence-electron chi connectivity index (χ4n) is 2.85. The Bertz CT molecular complexity index is 1180. The first kappa shape index (κ1) is 22.8. The first-order chi connectivity index (χ1) is 15.3. The quantitative estimate of drug-likeness (QED) is 0.371. The molecule has 0 fully saturated rings. The molecule has 0 spiro atoms. The van der Waals surface area contributed by atoms with E-state index in [2.05, 4.69) is 15.4 Å². The first-order valence-corrected chi connectivity index (χ1v) is 11.4. The average Bonchev–Trinajstić information content (AvgIpc) is 2.79. The Hall–Kier alpha value is -3.85. The second-order valence-electron chi connectivity index (χ2n) is 6.91. The second kappa shape index (κ2) is 10.5. The standard InChI is InChI=1S/C23H23N3O5S/c27-20-9-4-6-18(16-20)23(29)25-15-5-14-24-22(28)17-10-12-21(13-11-17)32(30,31)26-19-7-2-1-3-8-19/h1-4,6-13,16,26-27H,5,14-15H2,(H,24,28)(H,25,29). The number of carbonyl (C=O) groups is 2. The van der Waals surface area contributed by atoms with Gasteiger partial charge in [-0.05, 0) is 61.0 Å². The summed E-state index contributed by atoms with van der Waals surface area (Å²) in [6.07, 6.45) is 0.504. The molecule has 0 radical (unpaired) electrons. The van der Waals surface area contributed by atoms with Crippen molar-refractivity contribution >= 4 is 27.5 Å². The van der Waals surface area contributed by atoms with Crippen molar-refractivity contribution in [2.75, 3.05) is 17.8 Å². The van der Waals surface area contributed by atoms with Crippen molar-refractivity contribution in [3.05, 3.63) is 90.0 Å². The fourth-order valence-corrected chi connectivity index (χ4v) is 3.91. The van der Waals surface area contributed by atoms with Crippen molar-refractivity contribution < 1.29 is 23.1 Å². The van der Waals surface area contributed by atoms with Gasteiger partial charge in [0.05, 0.1) is 4.90 Å².